The van der Waals surface area contributed by atoms with Crippen molar-refractivity contribution in [2.45, 2.75) is 26.8 Å². The van der Waals surface area contributed by atoms with Gasteiger partial charge in [0.2, 0.25) is 10.0 Å². The molecular formula is C14H23N3O2S. The second-order valence-corrected chi connectivity index (χ2v) is 7.46. The number of pyridine rings is 1. The highest BCUT2D eigenvalue weighted by Crippen LogP contribution is 2.11. The average Bonchev–Trinajstić information content (AvgIpc) is 2.65. The summed E-state index contributed by atoms with van der Waals surface area (Å²) in [6, 6.07) is 6.03. The molecule has 0 amide bonds. The first-order valence-electron chi connectivity index (χ1n) is 7.14. The maximum absolute atomic E-state index is 11.9. The Morgan fingerprint density at radius 3 is 2.70 bits per heavy atom. The van der Waals surface area contributed by atoms with Crippen molar-refractivity contribution in [3.63, 3.8) is 0 Å². The van der Waals surface area contributed by atoms with E-state index in [4.69, 9.17) is 0 Å². The van der Waals surface area contributed by atoms with Gasteiger partial charge in [0.05, 0.1) is 11.4 Å². The lowest BCUT2D eigenvalue weighted by molar-refractivity contribution is 0.275. The summed E-state index contributed by atoms with van der Waals surface area (Å²) in [6.45, 7) is 7.40. The van der Waals surface area contributed by atoms with Gasteiger partial charge in [0.25, 0.3) is 0 Å². The maximum atomic E-state index is 11.9. The van der Waals surface area contributed by atoms with E-state index in [0.29, 0.717) is 13.1 Å². The van der Waals surface area contributed by atoms with E-state index in [2.05, 4.69) is 9.88 Å². The number of hydrogen-bond donors (Lipinski definition) is 0. The van der Waals surface area contributed by atoms with Crippen LogP contribution in [0.3, 0.4) is 0 Å². The Balaban J connectivity index is 1.96. The van der Waals surface area contributed by atoms with Crippen LogP contribution in [0.15, 0.2) is 18.2 Å². The first-order valence-corrected chi connectivity index (χ1v) is 8.75. The van der Waals surface area contributed by atoms with Crippen molar-refractivity contribution in [3.8, 4) is 0 Å². The number of nitrogens with zero attached hydrogens (tertiary/aromatic N) is 3. The number of sulfonamides is 1. The number of rotatable bonds is 4. The van der Waals surface area contributed by atoms with Gasteiger partial charge in [0, 0.05) is 31.9 Å². The predicted octanol–water partition coefficient (Wildman–Crippen LogP) is 1.25. The summed E-state index contributed by atoms with van der Waals surface area (Å²) in [5.74, 6) is 0.187. The minimum Gasteiger partial charge on any atom is -0.296 e. The van der Waals surface area contributed by atoms with E-state index < -0.39 is 10.0 Å². The first kappa shape index (κ1) is 15.4. The van der Waals surface area contributed by atoms with Crippen LogP contribution in [-0.2, 0) is 16.6 Å². The summed E-state index contributed by atoms with van der Waals surface area (Å²) in [6.07, 6.45) is 0.880. The molecule has 1 fully saturated rings. The normalized spacial score (nSPS) is 18.9. The van der Waals surface area contributed by atoms with Crippen molar-refractivity contribution >= 4 is 10.0 Å². The van der Waals surface area contributed by atoms with Gasteiger partial charge in [-0.05, 0) is 38.9 Å². The molecule has 0 aromatic carbocycles. The summed E-state index contributed by atoms with van der Waals surface area (Å²) in [5.41, 5.74) is 2.07. The highest BCUT2D eigenvalue weighted by molar-refractivity contribution is 7.89. The standard InChI is InChI=1S/C14H23N3O2S/c1-3-20(18,19)17-9-5-8-16(10-11-17)12-14-7-4-6-13(2)15-14/h4,6-7H,3,5,8-12H2,1-2H3. The zero-order chi connectivity index (χ0) is 14.6. The number of aromatic nitrogens is 1. The Labute approximate surface area is 121 Å². The Kier molecular flexibility index (Phi) is 5.12. The van der Waals surface area contributed by atoms with Crippen molar-refractivity contribution in [2.75, 3.05) is 31.9 Å². The molecule has 1 saturated heterocycles. The lowest BCUT2D eigenvalue weighted by atomic mass is 10.3. The molecule has 0 aliphatic carbocycles. The van der Waals surface area contributed by atoms with Crippen molar-refractivity contribution in [3.05, 3.63) is 29.6 Å². The van der Waals surface area contributed by atoms with Crippen LogP contribution >= 0.6 is 0 Å². The van der Waals surface area contributed by atoms with Crippen LogP contribution in [0.25, 0.3) is 0 Å². The molecule has 20 heavy (non-hydrogen) atoms. The van der Waals surface area contributed by atoms with E-state index in [0.717, 1.165) is 37.4 Å². The van der Waals surface area contributed by atoms with Gasteiger partial charge in [-0.15, -0.1) is 0 Å². The Hall–Kier alpha value is -0.980. The molecule has 1 aliphatic rings. The number of hydrogen-bond acceptors (Lipinski definition) is 4. The molecule has 0 saturated carbocycles. The first-order chi connectivity index (χ1) is 9.51. The molecule has 6 heteroatoms. The Morgan fingerprint density at radius 2 is 2.00 bits per heavy atom. The van der Waals surface area contributed by atoms with Crippen LogP contribution in [-0.4, -0.2) is 54.5 Å². The van der Waals surface area contributed by atoms with Gasteiger partial charge in [-0.2, -0.15) is 0 Å². The Bertz CT molecular complexity index is 545. The van der Waals surface area contributed by atoms with Gasteiger partial charge in [0.15, 0.2) is 0 Å². The van der Waals surface area contributed by atoms with Gasteiger partial charge in [-0.1, -0.05) is 6.07 Å². The highest BCUT2D eigenvalue weighted by Gasteiger charge is 2.23. The van der Waals surface area contributed by atoms with E-state index in [1.165, 1.54) is 0 Å². The fraction of sp³-hybridized carbons (Fsp3) is 0.643. The molecule has 0 bridgehead atoms. The summed E-state index contributed by atoms with van der Waals surface area (Å²) in [4.78, 5) is 6.79. The monoisotopic (exact) mass is 297 g/mol. The van der Waals surface area contributed by atoms with Gasteiger partial charge in [-0.3, -0.25) is 9.88 Å². The summed E-state index contributed by atoms with van der Waals surface area (Å²) < 4.78 is 25.4. The van der Waals surface area contributed by atoms with Crippen LogP contribution in [0.1, 0.15) is 24.7 Å². The van der Waals surface area contributed by atoms with Gasteiger partial charge >= 0.3 is 0 Å². The van der Waals surface area contributed by atoms with Crippen LogP contribution in [0, 0.1) is 6.92 Å². The number of aryl methyl sites for hydroxylation is 1. The predicted molar refractivity (Wildman–Crippen MR) is 79.9 cm³/mol. The average molecular weight is 297 g/mol. The third-order valence-corrected chi connectivity index (χ3v) is 5.52. The smallest absolute Gasteiger partial charge is 0.213 e. The molecule has 0 atom stereocenters. The van der Waals surface area contributed by atoms with Gasteiger partial charge in [-0.25, -0.2) is 12.7 Å². The largest absolute Gasteiger partial charge is 0.296 e. The maximum Gasteiger partial charge on any atom is 0.213 e. The molecule has 112 valence electrons. The van der Waals surface area contributed by atoms with Crippen molar-refractivity contribution in [2.24, 2.45) is 0 Å². The van der Waals surface area contributed by atoms with Crippen LogP contribution in [0.5, 0.6) is 0 Å². The highest BCUT2D eigenvalue weighted by atomic mass is 32.2. The fourth-order valence-electron chi connectivity index (χ4n) is 2.48. The third kappa shape index (κ3) is 4.01. The second-order valence-electron chi connectivity index (χ2n) is 5.20. The molecule has 0 N–H and O–H groups in total. The molecular weight excluding hydrogens is 274 g/mol. The fourth-order valence-corrected chi connectivity index (χ4v) is 3.61. The molecule has 0 unspecified atom stereocenters. The molecule has 0 radical (unpaired) electrons. The lowest BCUT2D eigenvalue weighted by Gasteiger charge is -2.21. The van der Waals surface area contributed by atoms with Crippen molar-refractivity contribution < 1.29 is 8.42 Å². The van der Waals surface area contributed by atoms with Gasteiger partial charge < -0.3 is 0 Å². The van der Waals surface area contributed by atoms with E-state index in [-0.39, 0.29) is 5.75 Å². The van der Waals surface area contributed by atoms with E-state index in [1.807, 2.05) is 25.1 Å². The molecule has 2 rings (SSSR count). The summed E-state index contributed by atoms with van der Waals surface area (Å²) in [5, 5.41) is 0. The SMILES string of the molecule is CCS(=O)(=O)N1CCCN(Cc2cccc(C)n2)CC1. The van der Waals surface area contributed by atoms with Crippen LogP contribution < -0.4 is 0 Å². The van der Waals surface area contributed by atoms with E-state index in [1.54, 1.807) is 11.2 Å². The topological polar surface area (TPSA) is 53.5 Å². The summed E-state index contributed by atoms with van der Waals surface area (Å²) in [7, 11) is -3.06. The van der Waals surface area contributed by atoms with E-state index in [9.17, 15) is 8.42 Å². The third-order valence-electron chi connectivity index (χ3n) is 3.64. The minimum absolute atomic E-state index is 0.187. The van der Waals surface area contributed by atoms with Crippen molar-refractivity contribution in [1.29, 1.82) is 0 Å². The molecule has 1 aliphatic heterocycles. The molecule has 2 heterocycles. The molecule has 1 aromatic rings. The molecule has 5 nitrogen and oxygen atoms in total. The summed E-state index contributed by atoms with van der Waals surface area (Å²) >= 11 is 0. The Morgan fingerprint density at radius 1 is 1.20 bits per heavy atom. The van der Waals surface area contributed by atoms with Crippen LogP contribution in [0.2, 0.25) is 0 Å². The lowest BCUT2D eigenvalue weighted by Crippen LogP contribution is -2.36. The zero-order valence-electron chi connectivity index (χ0n) is 12.2. The second kappa shape index (κ2) is 6.65. The van der Waals surface area contributed by atoms with Crippen LogP contribution in [0.4, 0.5) is 0 Å². The quantitative estimate of drug-likeness (QED) is 0.839. The minimum atomic E-state index is -3.06. The van der Waals surface area contributed by atoms with Gasteiger partial charge in [0.1, 0.15) is 0 Å². The molecule has 0 spiro atoms. The van der Waals surface area contributed by atoms with Crippen molar-refractivity contribution in [1.82, 2.24) is 14.2 Å². The molecule has 1 aromatic heterocycles. The zero-order valence-corrected chi connectivity index (χ0v) is 13.1. The van der Waals surface area contributed by atoms with E-state index >= 15 is 0 Å².